The van der Waals surface area contributed by atoms with E-state index in [0.29, 0.717) is 5.75 Å². The first-order valence-electron chi connectivity index (χ1n) is 6.58. The van der Waals surface area contributed by atoms with Gasteiger partial charge in [-0.1, -0.05) is 6.92 Å². The first-order chi connectivity index (χ1) is 10.2. The lowest BCUT2D eigenvalue weighted by atomic mass is 10.1. The van der Waals surface area contributed by atoms with Gasteiger partial charge in [0.1, 0.15) is 5.03 Å². The Morgan fingerprint density at radius 3 is 2.95 bits per heavy atom. The van der Waals surface area contributed by atoms with Gasteiger partial charge >= 0.3 is 5.97 Å². The number of carbonyl (C=O) groups excluding carboxylic acids is 1. The number of benzene rings is 1. The van der Waals surface area contributed by atoms with E-state index in [9.17, 15) is 4.79 Å². The minimum Gasteiger partial charge on any atom is -0.469 e. The van der Waals surface area contributed by atoms with Crippen LogP contribution in [0.2, 0.25) is 0 Å². The van der Waals surface area contributed by atoms with Gasteiger partial charge in [-0.2, -0.15) is 0 Å². The normalized spacial score (nSPS) is 14.2. The van der Waals surface area contributed by atoms with Gasteiger partial charge in [0, 0.05) is 17.3 Å². The van der Waals surface area contributed by atoms with E-state index in [4.69, 9.17) is 14.2 Å². The molecular formula is C15H15NO4S. The van der Waals surface area contributed by atoms with E-state index < -0.39 is 0 Å². The van der Waals surface area contributed by atoms with Gasteiger partial charge in [0.15, 0.2) is 11.5 Å². The van der Waals surface area contributed by atoms with Crippen molar-refractivity contribution in [3.63, 3.8) is 0 Å². The van der Waals surface area contributed by atoms with E-state index in [1.807, 2.05) is 25.1 Å². The lowest BCUT2D eigenvalue weighted by molar-refractivity contribution is -0.143. The summed E-state index contributed by atoms with van der Waals surface area (Å²) >= 11 is 1.54. The van der Waals surface area contributed by atoms with Crippen LogP contribution in [0.25, 0.3) is 10.8 Å². The van der Waals surface area contributed by atoms with E-state index in [-0.39, 0.29) is 18.7 Å². The summed E-state index contributed by atoms with van der Waals surface area (Å²) in [5.74, 6) is 1.73. The van der Waals surface area contributed by atoms with Crippen LogP contribution in [0.1, 0.15) is 6.92 Å². The van der Waals surface area contributed by atoms with Crippen LogP contribution in [0.3, 0.4) is 0 Å². The van der Waals surface area contributed by atoms with Crippen molar-refractivity contribution in [2.75, 3.05) is 19.7 Å². The molecule has 0 bridgehead atoms. The number of hydrogen-bond donors (Lipinski definition) is 0. The number of esters is 1. The van der Waals surface area contributed by atoms with Crippen LogP contribution in [0, 0.1) is 5.92 Å². The standard InChI is InChI=1S/C15H15NO4S/c1-9(15(17)18-2)7-21-14-11-6-13-12(19-8-20-13)5-10(11)3-4-16-14/h3-6,9H,7-8H2,1-2H3. The molecule has 0 aliphatic carbocycles. The number of ether oxygens (including phenoxy) is 3. The molecule has 1 unspecified atom stereocenters. The van der Waals surface area contributed by atoms with Gasteiger partial charge in [0.2, 0.25) is 6.79 Å². The number of carbonyl (C=O) groups is 1. The Kier molecular flexibility index (Phi) is 3.88. The molecule has 0 N–H and O–H groups in total. The van der Waals surface area contributed by atoms with Crippen LogP contribution in [0.5, 0.6) is 11.5 Å². The van der Waals surface area contributed by atoms with Crippen molar-refractivity contribution in [2.45, 2.75) is 11.9 Å². The SMILES string of the molecule is COC(=O)C(C)CSc1nccc2cc3c(cc12)OCO3. The molecule has 0 radical (unpaired) electrons. The van der Waals surface area contributed by atoms with Gasteiger partial charge in [-0.25, -0.2) is 4.98 Å². The van der Waals surface area contributed by atoms with Gasteiger partial charge < -0.3 is 14.2 Å². The van der Waals surface area contributed by atoms with Crippen LogP contribution in [-0.4, -0.2) is 30.6 Å². The third-order valence-electron chi connectivity index (χ3n) is 3.29. The molecule has 0 amide bonds. The highest BCUT2D eigenvalue weighted by atomic mass is 32.2. The number of hydrogen-bond acceptors (Lipinski definition) is 6. The van der Waals surface area contributed by atoms with Crippen molar-refractivity contribution < 1.29 is 19.0 Å². The summed E-state index contributed by atoms with van der Waals surface area (Å²) in [6.07, 6.45) is 1.76. The number of pyridine rings is 1. The second-order valence-corrected chi connectivity index (χ2v) is 5.79. The molecule has 3 rings (SSSR count). The fraction of sp³-hybridized carbons (Fsp3) is 0.333. The third-order valence-corrected chi connectivity index (χ3v) is 4.56. The van der Waals surface area contributed by atoms with Gasteiger partial charge in [0.25, 0.3) is 0 Å². The molecule has 1 aromatic heterocycles. The van der Waals surface area contributed by atoms with E-state index in [1.165, 1.54) is 18.9 Å². The molecule has 2 aromatic rings. The Labute approximate surface area is 126 Å². The van der Waals surface area contributed by atoms with Crippen LogP contribution in [0.4, 0.5) is 0 Å². The Morgan fingerprint density at radius 2 is 2.19 bits per heavy atom. The molecule has 5 nitrogen and oxygen atoms in total. The molecule has 0 fully saturated rings. The highest BCUT2D eigenvalue weighted by Crippen LogP contribution is 2.38. The highest BCUT2D eigenvalue weighted by molar-refractivity contribution is 7.99. The highest BCUT2D eigenvalue weighted by Gasteiger charge is 2.18. The third kappa shape index (κ3) is 2.76. The maximum absolute atomic E-state index is 11.5. The number of fused-ring (bicyclic) bond motifs is 2. The summed E-state index contributed by atoms with van der Waals surface area (Å²) in [4.78, 5) is 15.9. The molecule has 21 heavy (non-hydrogen) atoms. The zero-order chi connectivity index (χ0) is 14.8. The predicted molar refractivity (Wildman–Crippen MR) is 79.8 cm³/mol. The summed E-state index contributed by atoms with van der Waals surface area (Å²) in [6.45, 7) is 2.10. The average Bonchev–Trinajstić information content (AvgIpc) is 2.96. The van der Waals surface area contributed by atoms with Crippen molar-refractivity contribution in [3.8, 4) is 11.5 Å². The van der Waals surface area contributed by atoms with Gasteiger partial charge in [0.05, 0.1) is 13.0 Å². The molecule has 0 spiro atoms. The molecule has 0 saturated heterocycles. The second kappa shape index (κ2) is 5.81. The van der Waals surface area contributed by atoms with Gasteiger partial charge in [-0.05, 0) is 23.6 Å². The zero-order valence-corrected chi connectivity index (χ0v) is 12.6. The smallest absolute Gasteiger partial charge is 0.309 e. The Hall–Kier alpha value is -1.95. The minimum atomic E-state index is -0.208. The van der Waals surface area contributed by atoms with Crippen molar-refractivity contribution in [1.29, 1.82) is 0 Å². The van der Waals surface area contributed by atoms with Gasteiger partial charge in [-0.15, -0.1) is 11.8 Å². The van der Waals surface area contributed by atoms with Crippen LogP contribution in [-0.2, 0) is 9.53 Å². The van der Waals surface area contributed by atoms with Crippen molar-refractivity contribution in [2.24, 2.45) is 5.92 Å². The topological polar surface area (TPSA) is 57.7 Å². The van der Waals surface area contributed by atoms with Crippen molar-refractivity contribution >= 4 is 28.5 Å². The molecule has 1 aliphatic heterocycles. The van der Waals surface area contributed by atoms with E-state index in [0.717, 1.165) is 27.3 Å². The largest absolute Gasteiger partial charge is 0.469 e. The monoisotopic (exact) mass is 305 g/mol. The van der Waals surface area contributed by atoms with E-state index in [2.05, 4.69) is 4.98 Å². The summed E-state index contributed by atoms with van der Waals surface area (Å²) in [5, 5.41) is 2.92. The lowest BCUT2D eigenvalue weighted by Crippen LogP contribution is -2.14. The quantitative estimate of drug-likeness (QED) is 0.639. The lowest BCUT2D eigenvalue weighted by Gasteiger charge is -2.10. The molecular weight excluding hydrogens is 290 g/mol. The summed E-state index contributed by atoms with van der Waals surface area (Å²) < 4.78 is 15.5. The molecule has 110 valence electrons. The number of thioether (sulfide) groups is 1. The van der Waals surface area contributed by atoms with E-state index in [1.54, 1.807) is 6.20 Å². The molecule has 1 atom stereocenters. The first-order valence-corrected chi connectivity index (χ1v) is 7.56. The van der Waals surface area contributed by atoms with Crippen molar-refractivity contribution in [3.05, 3.63) is 24.4 Å². The van der Waals surface area contributed by atoms with Crippen LogP contribution in [0.15, 0.2) is 29.4 Å². The molecule has 1 aliphatic rings. The number of aromatic nitrogens is 1. The minimum absolute atomic E-state index is 0.175. The number of rotatable bonds is 4. The Morgan fingerprint density at radius 1 is 1.43 bits per heavy atom. The Bertz CT molecular complexity index is 689. The Balaban J connectivity index is 1.87. The van der Waals surface area contributed by atoms with Crippen LogP contribution < -0.4 is 9.47 Å². The summed E-state index contributed by atoms with van der Waals surface area (Å²) in [5.41, 5.74) is 0. The van der Waals surface area contributed by atoms with Gasteiger partial charge in [-0.3, -0.25) is 4.79 Å². The van der Waals surface area contributed by atoms with E-state index >= 15 is 0 Å². The molecule has 6 heteroatoms. The second-order valence-electron chi connectivity index (χ2n) is 4.78. The maximum Gasteiger partial charge on any atom is 0.309 e. The molecule has 0 saturated carbocycles. The zero-order valence-electron chi connectivity index (χ0n) is 11.8. The fourth-order valence-corrected chi connectivity index (χ4v) is 3.14. The first kappa shape index (κ1) is 14.0. The summed E-state index contributed by atoms with van der Waals surface area (Å²) in [7, 11) is 1.40. The molecule has 2 heterocycles. The fourth-order valence-electron chi connectivity index (χ4n) is 2.12. The molecule has 1 aromatic carbocycles. The predicted octanol–water partition coefficient (Wildman–Crippen LogP) is 2.86. The summed E-state index contributed by atoms with van der Waals surface area (Å²) in [6, 6.07) is 5.83. The maximum atomic E-state index is 11.5. The van der Waals surface area contributed by atoms with Crippen LogP contribution >= 0.6 is 11.8 Å². The average molecular weight is 305 g/mol. The number of nitrogens with zero attached hydrogens (tertiary/aromatic N) is 1. The number of methoxy groups -OCH3 is 1. The van der Waals surface area contributed by atoms with Crippen molar-refractivity contribution in [1.82, 2.24) is 4.98 Å².